The predicted molar refractivity (Wildman–Crippen MR) is 107 cm³/mol. The molecule has 5 N–H and O–H groups in total. The van der Waals surface area contributed by atoms with Gasteiger partial charge in [0.1, 0.15) is 35.1 Å². The number of rotatable bonds is 6. The molecule has 1 aromatic heterocycles. The second-order valence-electron chi connectivity index (χ2n) is 6.16. The fraction of sp³-hybridized carbons (Fsp3) is 0.0500. The molecule has 2 aromatic carbocycles. The van der Waals surface area contributed by atoms with Gasteiger partial charge in [-0.3, -0.25) is 4.79 Å². The molecule has 0 saturated carbocycles. The second-order valence-corrected chi connectivity index (χ2v) is 6.60. The summed E-state index contributed by atoms with van der Waals surface area (Å²) < 4.78 is 19.5. The summed E-state index contributed by atoms with van der Waals surface area (Å²) in [6, 6.07) is 9.64. The highest BCUT2D eigenvalue weighted by Crippen LogP contribution is 2.36. The third kappa shape index (κ3) is 4.11. The lowest BCUT2D eigenvalue weighted by molar-refractivity contribution is 0.0695. The summed E-state index contributed by atoms with van der Waals surface area (Å²) in [4.78, 5) is 37.7. The molecule has 0 unspecified atom stereocenters. The normalized spacial score (nSPS) is 10.6. The highest BCUT2D eigenvalue weighted by Gasteiger charge is 2.28. The van der Waals surface area contributed by atoms with E-state index in [1.165, 1.54) is 0 Å². The molecule has 30 heavy (non-hydrogen) atoms. The number of aromatic amines is 1. The van der Waals surface area contributed by atoms with Gasteiger partial charge in [-0.1, -0.05) is 23.7 Å². The second kappa shape index (κ2) is 8.26. The molecule has 3 rings (SSSR count). The van der Waals surface area contributed by atoms with Crippen LogP contribution in [0, 0.1) is 5.82 Å². The predicted octanol–water partition coefficient (Wildman–Crippen LogP) is 3.39. The lowest BCUT2D eigenvalue weighted by Crippen LogP contribution is -2.24. The minimum absolute atomic E-state index is 0.0584. The van der Waals surface area contributed by atoms with Crippen LogP contribution in [0.25, 0.3) is 11.1 Å². The molecule has 154 valence electrons. The van der Waals surface area contributed by atoms with Crippen LogP contribution >= 0.6 is 11.6 Å². The minimum atomic E-state index is -1.68. The summed E-state index contributed by atoms with van der Waals surface area (Å²) in [7, 11) is 0. The lowest BCUT2D eigenvalue weighted by Gasteiger charge is -2.16. The van der Waals surface area contributed by atoms with Crippen molar-refractivity contribution in [1.29, 1.82) is 0 Å². The molecule has 0 aliphatic rings. The maximum absolute atomic E-state index is 13.9. The van der Waals surface area contributed by atoms with Crippen molar-refractivity contribution in [2.75, 3.05) is 5.73 Å². The summed E-state index contributed by atoms with van der Waals surface area (Å²) >= 11 is 5.83. The molecule has 1 heterocycles. The smallest absolute Gasteiger partial charge is 0.342 e. The number of nitrogen functional groups attached to an aromatic ring is 1. The third-order valence-electron chi connectivity index (χ3n) is 4.19. The number of carboxylic acid groups (broad SMARTS) is 2. The van der Waals surface area contributed by atoms with Crippen molar-refractivity contribution in [3.63, 3.8) is 0 Å². The van der Waals surface area contributed by atoms with E-state index >= 15 is 0 Å². The van der Waals surface area contributed by atoms with Crippen molar-refractivity contribution in [3.8, 4) is 16.9 Å². The number of benzene rings is 2. The highest BCUT2D eigenvalue weighted by atomic mass is 35.5. The zero-order valence-electron chi connectivity index (χ0n) is 15.1. The Morgan fingerprint density at radius 1 is 1.07 bits per heavy atom. The van der Waals surface area contributed by atoms with Crippen LogP contribution in [-0.2, 0) is 6.61 Å². The van der Waals surface area contributed by atoms with E-state index in [-0.39, 0.29) is 17.9 Å². The summed E-state index contributed by atoms with van der Waals surface area (Å²) in [6.45, 7) is -0.0584. The average Bonchev–Trinajstić information content (AvgIpc) is 2.66. The maximum Gasteiger partial charge on any atom is 0.342 e. The largest absolute Gasteiger partial charge is 0.488 e. The highest BCUT2D eigenvalue weighted by molar-refractivity contribution is 6.30. The number of pyridine rings is 1. The number of carboxylic acids is 2. The molecule has 0 atom stereocenters. The number of hydrogen-bond acceptors (Lipinski definition) is 5. The first kappa shape index (κ1) is 20.9. The molecule has 0 saturated heterocycles. The van der Waals surface area contributed by atoms with Crippen molar-refractivity contribution < 1.29 is 28.9 Å². The van der Waals surface area contributed by atoms with Crippen LogP contribution in [0.5, 0.6) is 5.75 Å². The van der Waals surface area contributed by atoms with Gasteiger partial charge < -0.3 is 25.7 Å². The van der Waals surface area contributed by atoms with E-state index in [0.29, 0.717) is 10.6 Å². The maximum atomic E-state index is 13.9. The monoisotopic (exact) mass is 432 g/mol. The fourth-order valence-corrected chi connectivity index (χ4v) is 3.01. The van der Waals surface area contributed by atoms with Crippen LogP contribution in [0.2, 0.25) is 5.02 Å². The Kier molecular flexibility index (Phi) is 5.74. The number of aromatic carboxylic acids is 2. The van der Waals surface area contributed by atoms with E-state index in [9.17, 15) is 29.0 Å². The molecule has 10 heteroatoms. The van der Waals surface area contributed by atoms with Crippen LogP contribution in [-0.4, -0.2) is 27.1 Å². The van der Waals surface area contributed by atoms with Crippen molar-refractivity contribution >= 4 is 29.4 Å². The summed E-state index contributed by atoms with van der Waals surface area (Å²) in [5.74, 6) is -4.67. The van der Waals surface area contributed by atoms with Crippen molar-refractivity contribution in [3.05, 3.63) is 80.3 Å². The molecule has 3 aromatic rings. The van der Waals surface area contributed by atoms with Crippen LogP contribution in [0.1, 0.15) is 26.3 Å². The van der Waals surface area contributed by atoms with Crippen LogP contribution in [0.3, 0.4) is 0 Å². The number of H-pyrrole nitrogens is 1. The molecule has 0 aliphatic carbocycles. The molecule has 0 radical (unpaired) electrons. The zero-order valence-corrected chi connectivity index (χ0v) is 15.9. The van der Waals surface area contributed by atoms with Gasteiger partial charge in [-0.05, 0) is 29.8 Å². The number of nitrogens with two attached hydrogens (primary N) is 1. The van der Waals surface area contributed by atoms with Gasteiger partial charge in [0.2, 0.25) is 0 Å². The van der Waals surface area contributed by atoms with Gasteiger partial charge in [0, 0.05) is 22.2 Å². The van der Waals surface area contributed by atoms with E-state index in [0.717, 1.165) is 18.2 Å². The first-order chi connectivity index (χ1) is 14.2. The molecule has 0 spiro atoms. The zero-order chi connectivity index (χ0) is 22.0. The van der Waals surface area contributed by atoms with E-state index in [4.69, 9.17) is 22.1 Å². The Morgan fingerprint density at radius 2 is 1.70 bits per heavy atom. The fourth-order valence-electron chi connectivity index (χ4n) is 2.88. The van der Waals surface area contributed by atoms with Crippen molar-refractivity contribution in [1.82, 2.24) is 4.98 Å². The van der Waals surface area contributed by atoms with Crippen LogP contribution < -0.4 is 16.0 Å². The Labute approximate surface area is 173 Å². The number of anilines is 1. The number of carbonyl (C=O) groups is 2. The Morgan fingerprint density at radius 3 is 2.30 bits per heavy atom. The number of aromatic nitrogens is 1. The van der Waals surface area contributed by atoms with E-state index < -0.39 is 45.8 Å². The number of ether oxygens (including phenoxy) is 1. The van der Waals surface area contributed by atoms with Gasteiger partial charge in [0.25, 0.3) is 5.56 Å². The van der Waals surface area contributed by atoms with Crippen LogP contribution in [0.4, 0.5) is 10.2 Å². The lowest BCUT2D eigenvalue weighted by atomic mass is 9.94. The van der Waals surface area contributed by atoms with E-state index in [2.05, 4.69) is 0 Å². The van der Waals surface area contributed by atoms with Gasteiger partial charge in [-0.2, -0.15) is 0 Å². The van der Waals surface area contributed by atoms with Gasteiger partial charge >= 0.3 is 11.9 Å². The molecule has 0 amide bonds. The van der Waals surface area contributed by atoms with Gasteiger partial charge in [-0.25, -0.2) is 14.0 Å². The molecule has 8 nitrogen and oxygen atoms in total. The summed E-state index contributed by atoms with van der Waals surface area (Å²) in [5, 5.41) is 19.6. The third-order valence-corrected chi connectivity index (χ3v) is 4.44. The molecule has 0 aliphatic heterocycles. The van der Waals surface area contributed by atoms with Crippen LogP contribution in [0.15, 0.2) is 47.3 Å². The molecule has 0 bridgehead atoms. The number of nitrogens with one attached hydrogen (secondary N) is 1. The number of hydrogen-bond donors (Lipinski definition) is 4. The van der Waals surface area contributed by atoms with Gasteiger partial charge in [0.05, 0.1) is 0 Å². The molecular weight excluding hydrogens is 419 g/mol. The SMILES string of the molecule is Nc1[nH]c(=O)c(C(=O)O)c(-c2ccc(F)cc2OCc2ccc(Cl)cc2)c1C(=O)O. The standard InChI is InChI=1S/C20H14ClFN2O6/c21-10-3-1-9(2-4-10)8-30-13-7-11(22)5-6-12(13)14-15(19(26)27)17(23)24-18(25)16(14)20(28)29/h1-7H,8H2,(H,26,27)(H,28,29)(H3,23,24,25). The number of halogens is 2. The quantitative estimate of drug-likeness (QED) is 0.467. The minimum Gasteiger partial charge on any atom is -0.488 e. The van der Waals surface area contributed by atoms with Crippen molar-refractivity contribution in [2.45, 2.75) is 6.61 Å². The Balaban J connectivity index is 2.21. The van der Waals surface area contributed by atoms with E-state index in [1.54, 1.807) is 24.3 Å². The summed E-state index contributed by atoms with van der Waals surface area (Å²) in [5.41, 5.74) is 3.09. The van der Waals surface area contributed by atoms with E-state index in [1.807, 2.05) is 4.98 Å². The average molecular weight is 433 g/mol. The topological polar surface area (TPSA) is 143 Å². The summed E-state index contributed by atoms with van der Waals surface area (Å²) in [6.07, 6.45) is 0. The first-order valence-electron chi connectivity index (χ1n) is 8.38. The Bertz CT molecular complexity index is 1210. The molecular formula is C20H14ClFN2O6. The first-order valence-corrected chi connectivity index (χ1v) is 8.76. The van der Waals surface area contributed by atoms with Gasteiger partial charge in [-0.15, -0.1) is 0 Å². The van der Waals surface area contributed by atoms with Gasteiger partial charge in [0.15, 0.2) is 0 Å². The molecule has 0 fully saturated rings. The van der Waals surface area contributed by atoms with Crippen molar-refractivity contribution in [2.24, 2.45) is 0 Å². The Hall–Kier alpha value is -3.85.